The molecule has 1 aromatic carbocycles. The van der Waals surface area contributed by atoms with Crippen LogP contribution in [0.4, 0.5) is 0 Å². The van der Waals surface area contributed by atoms with Gasteiger partial charge in [0.15, 0.2) is 0 Å². The van der Waals surface area contributed by atoms with Crippen molar-refractivity contribution in [3.05, 3.63) is 46.2 Å². The number of carbonyl (C=O) groups is 1. The van der Waals surface area contributed by atoms with Crippen molar-refractivity contribution < 1.29 is 27.9 Å². The molecule has 1 aliphatic heterocycles. The zero-order chi connectivity index (χ0) is 19.6. The summed E-state index contributed by atoms with van der Waals surface area (Å²) in [4.78, 5) is 13.2. The number of nitrogens with one attached hydrogen (secondary N) is 1. The number of nitrogens with zero attached hydrogens (tertiary/aromatic N) is 1. The molecule has 2 unspecified atom stereocenters. The van der Waals surface area contributed by atoms with Gasteiger partial charge in [0.05, 0.1) is 18.1 Å². The minimum absolute atomic E-state index is 0.0270. The number of sulfonamides is 1. The van der Waals surface area contributed by atoms with Crippen LogP contribution in [0, 0.1) is 0 Å². The van der Waals surface area contributed by atoms with Crippen LogP contribution < -0.4 is 10.2 Å². The lowest BCUT2D eigenvalue weighted by atomic mass is 10.1. The molecule has 2 N–H and O–H groups in total. The third kappa shape index (κ3) is 3.71. The fraction of sp³-hybridized carbons (Fsp3) is 0.353. The predicted molar refractivity (Wildman–Crippen MR) is 98.4 cm³/mol. The number of hydroxylamine groups is 1. The maximum atomic E-state index is 13.3. The van der Waals surface area contributed by atoms with Crippen LogP contribution in [-0.4, -0.2) is 50.6 Å². The molecule has 0 fully saturated rings. The Labute approximate surface area is 161 Å². The number of hydrogen-bond acceptors (Lipinski definition) is 7. The number of fused-ring (bicyclic) bond motifs is 1. The van der Waals surface area contributed by atoms with Crippen LogP contribution in [0.15, 0.2) is 40.6 Å². The molecule has 0 saturated heterocycles. The number of methoxy groups -OCH3 is 2. The van der Waals surface area contributed by atoms with Crippen molar-refractivity contribution in [2.45, 2.75) is 23.5 Å². The van der Waals surface area contributed by atoms with Gasteiger partial charge in [-0.1, -0.05) is 0 Å². The van der Waals surface area contributed by atoms with Crippen molar-refractivity contribution in [3.63, 3.8) is 0 Å². The lowest BCUT2D eigenvalue weighted by Gasteiger charge is -2.29. The number of rotatable bonds is 5. The summed E-state index contributed by atoms with van der Waals surface area (Å²) < 4.78 is 38.2. The second kappa shape index (κ2) is 7.95. The Morgan fingerprint density at radius 3 is 2.56 bits per heavy atom. The Bertz CT molecular complexity index is 910. The van der Waals surface area contributed by atoms with Crippen molar-refractivity contribution >= 4 is 27.3 Å². The second-order valence-corrected chi connectivity index (χ2v) is 8.86. The lowest BCUT2D eigenvalue weighted by molar-refractivity contribution is -0.133. The molecule has 0 bridgehead atoms. The van der Waals surface area contributed by atoms with Crippen molar-refractivity contribution in [2.75, 3.05) is 20.8 Å². The minimum atomic E-state index is -4.02. The zero-order valence-corrected chi connectivity index (χ0v) is 16.4. The summed E-state index contributed by atoms with van der Waals surface area (Å²) in [6.07, 6.45) is -0.370. The highest BCUT2D eigenvalue weighted by Crippen LogP contribution is 2.35. The minimum Gasteiger partial charge on any atom is -0.497 e. The summed E-state index contributed by atoms with van der Waals surface area (Å²) in [6, 6.07) is 6.69. The molecule has 1 aliphatic rings. The van der Waals surface area contributed by atoms with Gasteiger partial charge in [0, 0.05) is 25.0 Å². The monoisotopic (exact) mass is 412 g/mol. The fourth-order valence-electron chi connectivity index (χ4n) is 3.12. The van der Waals surface area contributed by atoms with Gasteiger partial charge in [-0.2, -0.15) is 4.31 Å². The van der Waals surface area contributed by atoms with Crippen LogP contribution in [0.3, 0.4) is 0 Å². The van der Waals surface area contributed by atoms with Gasteiger partial charge in [-0.05, 0) is 41.3 Å². The van der Waals surface area contributed by atoms with Crippen LogP contribution in [0.2, 0.25) is 0 Å². The molecule has 0 saturated carbocycles. The average Bonchev–Trinajstić information content (AvgIpc) is 3.08. The number of amides is 1. The van der Waals surface area contributed by atoms with Crippen LogP contribution >= 0.6 is 11.3 Å². The average molecular weight is 412 g/mol. The topological polar surface area (TPSA) is 105 Å². The third-order valence-corrected chi connectivity index (χ3v) is 7.41. The van der Waals surface area contributed by atoms with E-state index in [1.54, 1.807) is 5.48 Å². The van der Waals surface area contributed by atoms with Gasteiger partial charge in [-0.15, -0.1) is 11.3 Å². The van der Waals surface area contributed by atoms with E-state index < -0.39 is 28.1 Å². The van der Waals surface area contributed by atoms with Crippen molar-refractivity contribution in [1.29, 1.82) is 0 Å². The van der Waals surface area contributed by atoms with Gasteiger partial charge < -0.3 is 9.47 Å². The maximum absolute atomic E-state index is 13.3. The number of ether oxygens (including phenoxy) is 2. The van der Waals surface area contributed by atoms with E-state index in [1.165, 1.54) is 49.8 Å². The highest BCUT2D eigenvalue weighted by Gasteiger charge is 2.41. The summed E-state index contributed by atoms with van der Waals surface area (Å²) in [6.45, 7) is -0.0489. The molecule has 146 valence electrons. The van der Waals surface area contributed by atoms with Crippen molar-refractivity contribution in [3.8, 4) is 5.75 Å². The second-order valence-electron chi connectivity index (χ2n) is 5.97. The van der Waals surface area contributed by atoms with Gasteiger partial charge in [-0.25, -0.2) is 13.9 Å². The molecule has 1 amide bonds. The van der Waals surface area contributed by atoms with Gasteiger partial charge in [-0.3, -0.25) is 10.0 Å². The molecule has 3 rings (SSSR count). The molecule has 10 heteroatoms. The summed E-state index contributed by atoms with van der Waals surface area (Å²) in [5.41, 5.74) is 2.44. The van der Waals surface area contributed by atoms with Crippen molar-refractivity contribution in [1.82, 2.24) is 9.79 Å². The molecule has 0 radical (unpaired) electrons. The van der Waals surface area contributed by atoms with Crippen LogP contribution in [-0.2, 0) is 26.0 Å². The standard InChI is InChI=1S/C17H20N2O6S2/c1-24-11-3-5-12(6-4-11)27(22,23)19-10-15(25-2)13-7-8-26-16(13)9-14(19)17(20)18-21/h3-8,14-15,21H,9-10H2,1-2H3,(H,18,20). The largest absolute Gasteiger partial charge is 0.497 e. The van der Waals surface area contributed by atoms with Gasteiger partial charge >= 0.3 is 0 Å². The first-order chi connectivity index (χ1) is 12.9. The lowest BCUT2D eigenvalue weighted by Crippen LogP contribution is -2.50. The Hall–Kier alpha value is -1.98. The number of hydrogen-bond donors (Lipinski definition) is 2. The first-order valence-corrected chi connectivity index (χ1v) is 10.4. The maximum Gasteiger partial charge on any atom is 0.262 e. The van der Waals surface area contributed by atoms with Crippen LogP contribution in [0.1, 0.15) is 16.5 Å². The SMILES string of the molecule is COc1ccc(S(=O)(=O)N2CC(OC)c3ccsc3CC2C(=O)NO)cc1. The number of benzene rings is 1. The normalized spacial score (nSPS) is 20.6. The zero-order valence-electron chi connectivity index (χ0n) is 14.8. The molecule has 0 aliphatic carbocycles. The molecule has 2 aromatic rings. The van der Waals surface area contributed by atoms with E-state index in [0.29, 0.717) is 5.75 Å². The smallest absolute Gasteiger partial charge is 0.262 e. The van der Waals surface area contributed by atoms with Gasteiger partial charge in [0.2, 0.25) is 10.0 Å². The molecule has 27 heavy (non-hydrogen) atoms. The fourth-order valence-corrected chi connectivity index (χ4v) is 5.67. The molecular weight excluding hydrogens is 392 g/mol. The quantitative estimate of drug-likeness (QED) is 0.570. The highest BCUT2D eigenvalue weighted by atomic mass is 32.2. The van der Waals surface area contributed by atoms with Gasteiger partial charge in [0.25, 0.3) is 5.91 Å². The van der Waals surface area contributed by atoms with Crippen molar-refractivity contribution in [2.24, 2.45) is 0 Å². The molecule has 1 aromatic heterocycles. The van der Waals surface area contributed by atoms with E-state index in [-0.39, 0.29) is 17.9 Å². The highest BCUT2D eigenvalue weighted by molar-refractivity contribution is 7.89. The van der Waals surface area contributed by atoms with Gasteiger partial charge in [0.1, 0.15) is 11.8 Å². The molecule has 0 spiro atoms. The molecule has 2 heterocycles. The first-order valence-electron chi connectivity index (χ1n) is 8.11. The molecular formula is C17H20N2O6S2. The Balaban J connectivity index is 2.06. The van der Waals surface area contributed by atoms with E-state index in [9.17, 15) is 13.2 Å². The van der Waals surface area contributed by atoms with E-state index in [1.807, 2.05) is 11.4 Å². The van der Waals surface area contributed by atoms with E-state index in [2.05, 4.69) is 0 Å². The number of carbonyl (C=O) groups excluding carboxylic acids is 1. The summed E-state index contributed by atoms with van der Waals surface area (Å²) >= 11 is 1.42. The number of thiophene rings is 1. The Morgan fingerprint density at radius 2 is 1.96 bits per heavy atom. The third-order valence-electron chi connectivity index (χ3n) is 4.56. The Kier molecular flexibility index (Phi) is 5.82. The Morgan fingerprint density at radius 1 is 1.26 bits per heavy atom. The predicted octanol–water partition coefficient (Wildman–Crippen LogP) is 1.57. The molecule has 8 nitrogen and oxygen atoms in total. The first kappa shape index (κ1) is 19.8. The van der Waals surface area contributed by atoms with E-state index in [4.69, 9.17) is 14.7 Å². The van der Waals surface area contributed by atoms with Crippen LogP contribution in [0.5, 0.6) is 5.75 Å². The van der Waals surface area contributed by atoms with E-state index >= 15 is 0 Å². The summed E-state index contributed by atoms with van der Waals surface area (Å²) in [7, 11) is -1.04. The summed E-state index contributed by atoms with van der Waals surface area (Å²) in [5, 5.41) is 11.0. The molecule has 2 atom stereocenters. The van der Waals surface area contributed by atoms with E-state index in [0.717, 1.165) is 14.7 Å². The van der Waals surface area contributed by atoms with Crippen LogP contribution in [0.25, 0.3) is 0 Å². The summed E-state index contributed by atoms with van der Waals surface area (Å²) in [5.74, 6) is -0.269.